The van der Waals surface area contributed by atoms with Gasteiger partial charge in [0.1, 0.15) is 0 Å². The first-order valence-corrected chi connectivity index (χ1v) is 13.4. The maximum Gasteiger partial charge on any atom is 0.256 e. The summed E-state index contributed by atoms with van der Waals surface area (Å²) < 4.78 is 52.1. The quantitative estimate of drug-likeness (QED) is 0.706. The van der Waals surface area contributed by atoms with Gasteiger partial charge in [-0.1, -0.05) is 32.9 Å². The van der Waals surface area contributed by atoms with Crippen LogP contribution < -0.4 is 5.32 Å². The molecule has 2 aromatic carbocycles. The van der Waals surface area contributed by atoms with Crippen LogP contribution in [0.1, 0.15) is 37.6 Å². The van der Waals surface area contributed by atoms with Gasteiger partial charge in [0.15, 0.2) is 9.84 Å². The molecule has 0 radical (unpaired) electrons. The van der Waals surface area contributed by atoms with Crippen LogP contribution in [0.25, 0.3) is 0 Å². The smallest absolute Gasteiger partial charge is 0.256 e. The molecule has 0 aliphatic carbocycles. The predicted octanol–water partition coefficient (Wildman–Crippen LogP) is 3.40. The van der Waals surface area contributed by atoms with Crippen molar-refractivity contribution in [2.24, 2.45) is 11.8 Å². The average Bonchev–Trinajstić information content (AvgIpc) is 2.73. The molecule has 1 fully saturated rings. The fourth-order valence-electron chi connectivity index (χ4n) is 3.94. The van der Waals surface area contributed by atoms with Crippen LogP contribution in [0.2, 0.25) is 0 Å². The van der Waals surface area contributed by atoms with Crippen LogP contribution in [-0.2, 0) is 19.9 Å². The van der Waals surface area contributed by atoms with E-state index in [0.717, 1.165) is 6.42 Å². The van der Waals surface area contributed by atoms with Crippen molar-refractivity contribution in [3.63, 3.8) is 0 Å². The summed E-state index contributed by atoms with van der Waals surface area (Å²) in [7, 11) is -7.17. The second kappa shape index (κ2) is 9.10. The zero-order chi connectivity index (χ0) is 22.8. The monoisotopic (exact) mass is 464 g/mol. The third kappa shape index (κ3) is 5.16. The van der Waals surface area contributed by atoms with Gasteiger partial charge in [-0.15, -0.1) is 0 Å². The van der Waals surface area contributed by atoms with Gasteiger partial charge in [-0.05, 0) is 54.7 Å². The SMILES string of the molecule is CCS(=O)(=O)c1ccccc1C(=O)Nc1ccc(S(=O)(=O)N2CC(C)CC(C)C2)cc1. The molecular formula is C22H28N2O5S2. The van der Waals surface area contributed by atoms with Gasteiger partial charge in [0.05, 0.1) is 21.1 Å². The van der Waals surface area contributed by atoms with E-state index in [4.69, 9.17) is 0 Å². The third-order valence-electron chi connectivity index (χ3n) is 5.43. The minimum atomic E-state index is -3.61. The second-order valence-electron chi connectivity index (χ2n) is 8.15. The van der Waals surface area contributed by atoms with Gasteiger partial charge in [0, 0.05) is 18.8 Å². The molecule has 31 heavy (non-hydrogen) atoms. The number of hydrogen-bond acceptors (Lipinski definition) is 5. The van der Waals surface area contributed by atoms with Gasteiger partial charge in [-0.25, -0.2) is 16.8 Å². The van der Waals surface area contributed by atoms with Gasteiger partial charge in [0.2, 0.25) is 10.0 Å². The van der Waals surface area contributed by atoms with Crippen LogP contribution >= 0.6 is 0 Å². The van der Waals surface area contributed by atoms with Crippen molar-refractivity contribution in [1.82, 2.24) is 4.31 Å². The first-order valence-electron chi connectivity index (χ1n) is 10.3. The second-order valence-corrected chi connectivity index (χ2v) is 12.3. The number of sulfonamides is 1. The topological polar surface area (TPSA) is 101 Å². The largest absolute Gasteiger partial charge is 0.322 e. The van der Waals surface area contributed by atoms with E-state index in [-0.39, 0.29) is 21.1 Å². The van der Waals surface area contributed by atoms with E-state index in [9.17, 15) is 21.6 Å². The molecule has 0 saturated carbocycles. The molecule has 1 N–H and O–H groups in total. The summed E-state index contributed by atoms with van der Waals surface area (Å²) in [6.07, 6.45) is 1.01. The van der Waals surface area contributed by atoms with Crippen molar-refractivity contribution >= 4 is 31.5 Å². The fraction of sp³-hybridized carbons (Fsp3) is 0.409. The molecule has 2 unspecified atom stereocenters. The van der Waals surface area contributed by atoms with E-state index in [2.05, 4.69) is 5.32 Å². The number of amides is 1. The fourth-order valence-corrected chi connectivity index (χ4v) is 6.71. The number of nitrogens with zero attached hydrogens (tertiary/aromatic N) is 1. The van der Waals surface area contributed by atoms with Gasteiger partial charge in [0.25, 0.3) is 5.91 Å². The number of rotatable bonds is 6. The Morgan fingerprint density at radius 3 is 2.13 bits per heavy atom. The lowest BCUT2D eigenvalue weighted by Gasteiger charge is -2.34. The lowest BCUT2D eigenvalue weighted by Crippen LogP contribution is -2.42. The highest BCUT2D eigenvalue weighted by atomic mass is 32.2. The summed E-state index contributed by atoms with van der Waals surface area (Å²) in [6, 6.07) is 12.0. The highest BCUT2D eigenvalue weighted by Gasteiger charge is 2.31. The normalized spacial score (nSPS) is 20.4. The summed E-state index contributed by atoms with van der Waals surface area (Å²) in [5, 5.41) is 2.66. The molecule has 1 heterocycles. The van der Waals surface area contributed by atoms with Crippen molar-refractivity contribution in [2.45, 2.75) is 37.0 Å². The van der Waals surface area contributed by atoms with Crippen LogP contribution in [0.3, 0.4) is 0 Å². The molecular weight excluding hydrogens is 436 g/mol. The predicted molar refractivity (Wildman–Crippen MR) is 120 cm³/mol. The minimum absolute atomic E-state index is 0.0254. The third-order valence-corrected chi connectivity index (χ3v) is 9.06. The number of nitrogens with one attached hydrogen (secondary N) is 1. The van der Waals surface area contributed by atoms with E-state index in [1.54, 1.807) is 12.1 Å². The average molecular weight is 465 g/mol. The standard InChI is InChI=1S/C22H28N2O5S2/c1-4-30(26,27)21-8-6-5-7-20(21)22(25)23-18-9-11-19(12-10-18)31(28,29)24-14-16(2)13-17(3)15-24/h5-12,16-17H,4,13-15H2,1-3H3,(H,23,25). The van der Waals surface area contributed by atoms with Crippen LogP contribution in [0, 0.1) is 11.8 Å². The molecule has 1 aliphatic heterocycles. The zero-order valence-corrected chi connectivity index (χ0v) is 19.5. The highest BCUT2D eigenvalue weighted by molar-refractivity contribution is 7.91. The van der Waals surface area contributed by atoms with Crippen LogP contribution in [0.5, 0.6) is 0 Å². The van der Waals surface area contributed by atoms with Crippen LogP contribution in [-0.4, -0.2) is 45.9 Å². The Balaban J connectivity index is 1.80. The maximum atomic E-state index is 13.0. The number of carbonyl (C=O) groups excluding carboxylic acids is 1. The van der Waals surface area contributed by atoms with Crippen molar-refractivity contribution in [1.29, 1.82) is 0 Å². The number of piperidine rings is 1. The summed E-state index contributed by atoms with van der Waals surface area (Å²) in [6.45, 7) is 6.61. The molecule has 9 heteroatoms. The van der Waals surface area contributed by atoms with E-state index < -0.39 is 25.8 Å². The number of sulfone groups is 1. The van der Waals surface area contributed by atoms with E-state index in [0.29, 0.717) is 30.6 Å². The summed E-state index contributed by atoms with van der Waals surface area (Å²) in [4.78, 5) is 12.8. The number of benzene rings is 2. The van der Waals surface area contributed by atoms with Crippen molar-refractivity contribution in [3.8, 4) is 0 Å². The molecule has 2 aromatic rings. The molecule has 1 saturated heterocycles. The lowest BCUT2D eigenvalue weighted by molar-refractivity contribution is 0.102. The van der Waals surface area contributed by atoms with Crippen molar-refractivity contribution < 1.29 is 21.6 Å². The minimum Gasteiger partial charge on any atom is -0.322 e. The first-order chi connectivity index (χ1) is 14.5. The van der Waals surface area contributed by atoms with E-state index >= 15 is 0 Å². The zero-order valence-electron chi connectivity index (χ0n) is 17.9. The number of carbonyl (C=O) groups is 1. The van der Waals surface area contributed by atoms with Gasteiger partial charge < -0.3 is 5.32 Å². The molecule has 1 amide bonds. The molecule has 0 spiro atoms. The lowest BCUT2D eigenvalue weighted by atomic mass is 9.94. The van der Waals surface area contributed by atoms with E-state index in [1.165, 1.54) is 47.6 Å². The summed E-state index contributed by atoms with van der Waals surface area (Å²) >= 11 is 0. The number of hydrogen-bond donors (Lipinski definition) is 1. The summed E-state index contributed by atoms with van der Waals surface area (Å²) in [5.74, 6) is -0.0765. The molecule has 7 nitrogen and oxygen atoms in total. The first kappa shape index (κ1) is 23.4. The maximum absolute atomic E-state index is 13.0. The Morgan fingerprint density at radius 2 is 1.55 bits per heavy atom. The molecule has 0 aromatic heterocycles. The van der Waals surface area contributed by atoms with Crippen molar-refractivity contribution in [2.75, 3.05) is 24.2 Å². The molecule has 0 bridgehead atoms. The van der Waals surface area contributed by atoms with E-state index in [1.807, 2.05) is 13.8 Å². The Hall–Kier alpha value is -2.23. The summed E-state index contributed by atoms with van der Waals surface area (Å²) in [5.41, 5.74) is 0.436. The molecule has 1 aliphatic rings. The highest BCUT2D eigenvalue weighted by Crippen LogP contribution is 2.27. The van der Waals surface area contributed by atoms with Crippen molar-refractivity contribution in [3.05, 3.63) is 54.1 Å². The van der Waals surface area contributed by atoms with Crippen LogP contribution in [0.15, 0.2) is 58.3 Å². The molecule has 168 valence electrons. The van der Waals surface area contributed by atoms with Gasteiger partial charge >= 0.3 is 0 Å². The van der Waals surface area contributed by atoms with Crippen LogP contribution in [0.4, 0.5) is 5.69 Å². The number of anilines is 1. The Labute approximate surface area is 184 Å². The Morgan fingerprint density at radius 1 is 0.968 bits per heavy atom. The molecule has 3 rings (SSSR count). The van der Waals surface area contributed by atoms with Gasteiger partial charge in [-0.3, -0.25) is 4.79 Å². The Bertz CT molecular complexity index is 1150. The molecule has 2 atom stereocenters. The van der Waals surface area contributed by atoms with Gasteiger partial charge in [-0.2, -0.15) is 4.31 Å². The Kier molecular flexibility index (Phi) is 6.88.